The second-order valence-electron chi connectivity index (χ2n) is 10.6. The van der Waals surface area contributed by atoms with E-state index in [1.54, 1.807) is 0 Å². The molecular formula is C28H25F4N7O4. The minimum Gasteiger partial charge on any atom is -0.480 e. The van der Waals surface area contributed by atoms with E-state index in [-0.39, 0.29) is 41.4 Å². The Morgan fingerprint density at radius 1 is 1.19 bits per heavy atom. The van der Waals surface area contributed by atoms with Crippen molar-refractivity contribution in [3.05, 3.63) is 65.3 Å². The van der Waals surface area contributed by atoms with Crippen LogP contribution in [0, 0.1) is 5.82 Å². The van der Waals surface area contributed by atoms with E-state index < -0.39 is 36.0 Å². The van der Waals surface area contributed by atoms with Gasteiger partial charge < -0.3 is 19.1 Å². The number of halogens is 4. The molecule has 1 unspecified atom stereocenters. The summed E-state index contributed by atoms with van der Waals surface area (Å²) in [6.07, 6.45) is -0.0652. The van der Waals surface area contributed by atoms with E-state index in [1.807, 2.05) is 0 Å². The number of aliphatic hydroxyl groups is 1. The predicted octanol–water partition coefficient (Wildman–Crippen LogP) is 4.74. The lowest BCUT2D eigenvalue weighted by Crippen LogP contribution is -2.46. The number of amides is 1. The summed E-state index contributed by atoms with van der Waals surface area (Å²) in [5, 5.41) is 10.1. The minimum absolute atomic E-state index is 0.119. The number of nitrogens with zero attached hydrogens (tertiary/aromatic N) is 7. The highest BCUT2D eigenvalue weighted by molar-refractivity contribution is 5.90. The molecule has 0 spiro atoms. The molecular weight excluding hydrogens is 574 g/mol. The van der Waals surface area contributed by atoms with Crippen LogP contribution in [0.25, 0.3) is 22.8 Å². The molecule has 1 aliphatic heterocycles. The number of methoxy groups -OCH3 is 1. The van der Waals surface area contributed by atoms with E-state index in [9.17, 15) is 23.1 Å². The molecule has 1 saturated carbocycles. The third-order valence-electron chi connectivity index (χ3n) is 7.43. The Hall–Kier alpha value is -4.66. The molecule has 1 fully saturated rings. The highest BCUT2D eigenvalue weighted by Gasteiger charge is 2.44. The molecule has 4 aromatic rings. The number of aliphatic hydroxyl groups excluding tert-OH is 1. The Labute approximate surface area is 242 Å². The van der Waals surface area contributed by atoms with E-state index >= 15 is 4.39 Å². The quantitative estimate of drug-likeness (QED) is 0.300. The number of hydrogen-bond acceptors (Lipinski definition) is 9. The summed E-state index contributed by atoms with van der Waals surface area (Å²) >= 11 is 0. The summed E-state index contributed by atoms with van der Waals surface area (Å²) in [4.78, 5) is 35.8. The van der Waals surface area contributed by atoms with Gasteiger partial charge >= 0.3 is 12.3 Å². The van der Waals surface area contributed by atoms with E-state index in [0.29, 0.717) is 22.4 Å². The normalized spacial score (nSPS) is 18.4. The molecule has 1 aliphatic carbocycles. The van der Waals surface area contributed by atoms with Crippen molar-refractivity contribution in [2.24, 2.45) is 7.05 Å². The topological polar surface area (TPSA) is 128 Å². The number of aryl methyl sites for hydroxylation is 1. The number of rotatable bonds is 7. The first-order valence-corrected chi connectivity index (χ1v) is 13.2. The number of imidazole rings is 1. The van der Waals surface area contributed by atoms with Gasteiger partial charge in [-0.1, -0.05) is 6.07 Å². The first-order chi connectivity index (χ1) is 20.4. The van der Waals surface area contributed by atoms with Crippen LogP contribution in [0.2, 0.25) is 0 Å². The zero-order valence-electron chi connectivity index (χ0n) is 23.2. The fourth-order valence-electron chi connectivity index (χ4n) is 5.01. The average Bonchev–Trinajstić information content (AvgIpc) is 3.75. The molecule has 1 N–H and O–H groups in total. The van der Waals surface area contributed by atoms with Gasteiger partial charge in [-0.2, -0.15) is 13.2 Å². The number of fused-ring (bicyclic) bond motifs is 1. The maximum atomic E-state index is 15.3. The second-order valence-corrected chi connectivity index (χ2v) is 10.6. The number of carbonyl (C=O) groups excluding carboxylic acids is 1. The van der Waals surface area contributed by atoms with E-state index in [2.05, 4.69) is 24.9 Å². The fourth-order valence-corrected chi connectivity index (χ4v) is 5.01. The average molecular weight is 600 g/mol. The fraction of sp³-hybridized carbons (Fsp3) is 0.357. The lowest BCUT2D eigenvalue weighted by molar-refractivity contribution is -0.140. The van der Waals surface area contributed by atoms with Gasteiger partial charge in [0.25, 0.3) is 0 Å². The standard InChI is InChI=1S/C28H25F4N7O4/c1-27(12-40)17-9-33-22(20-21(15-5-6-15)34-13-35-25(20)42-3)37-24(17)39(26(41)43-27)10-14-4-7-16(18(29)8-14)23-36-19(11-38(23)2)28(30,31)32/h4,7-9,11,13,15,40H,5-6,10,12H2,1-3H3. The van der Waals surface area contributed by atoms with Gasteiger partial charge in [0, 0.05) is 25.4 Å². The maximum Gasteiger partial charge on any atom is 0.434 e. The van der Waals surface area contributed by atoms with E-state index in [0.717, 1.165) is 29.7 Å². The summed E-state index contributed by atoms with van der Waals surface area (Å²) in [6, 6.07) is 3.86. The SMILES string of the molecule is COc1ncnc(C2CC2)c1-c1ncc2c(n1)N(Cc1ccc(-c3nc(C(F)(F)F)cn3C)c(F)c1)C(=O)OC2(C)CO. The van der Waals surface area contributed by atoms with E-state index in [4.69, 9.17) is 9.47 Å². The molecule has 4 heterocycles. The summed E-state index contributed by atoms with van der Waals surface area (Å²) in [6.45, 7) is 0.746. The molecule has 0 saturated heterocycles. The third kappa shape index (κ3) is 5.02. The molecule has 0 bridgehead atoms. The van der Waals surface area contributed by atoms with Crippen molar-refractivity contribution in [2.45, 2.75) is 44.0 Å². The van der Waals surface area contributed by atoms with Crippen molar-refractivity contribution in [1.29, 1.82) is 0 Å². The van der Waals surface area contributed by atoms with Crippen LogP contribution in [0.1, 0.15) is 48.2 Å². The molecule has 1 atom stereocenters. The highest BCUT2D eigenvalue weighted by Crippen LogP contribution is 2.46. The number of anilines is 1. The van der Waals surface area contributed by atoms with Crippen LogP contribution in [-0.4, -0.2) is 54.4 Å². The molecule has 2 aliphatic rings. The molecule has 3 aromatic heterocycles. The first kappa shape index (κ1) is 28.5. The first-order valence-electron chi connectivity index (χ1n) is 13.2. The summed E-state index contributed by atoms with van der Waals surface area (Å²) in [5.74, 6) is -0.297. The smallest absolute Gasteiger partial charge is 0.434 e. The predicted molar refractivity (Wildman–Crippen MR) is 142 cm³/mol. The molecule has 1 aromatic carbocycles. The monoisotopic (exact) mass is 599 g/mol. The number of cyclic esters (lactones) is 1. The second kappa shape index (κ2) is 10.3. The van der Waals surface area contributed by atoms with Crippen molar-refractivity contribution in [3.8, 4) is 28.7 Å². The van der Waals surface area contributed by atoms with Crippen LogP contribution in [0.4, 0.5) is 28.2 Å². The molecule has 43 heavy (non-hydrogen) atoms. The van der Waals surface area contributed by atoms with Gasteiger partial charge in [-0.15, -0.1) is 0 Å². The van der Waals surface area contributed by atoms with Crippen molar-refractivity contribution in [3.63, 3.8) is 0 Å². The lowest BCUT2D eigenvalue weighted by Gasteiger charge is -2.38. The Morgan fingerprint density at radius 3 is 2.58 bits per heavy atom. The number of benzene rings is 1. The molecule has 11 nitrogen and oxygen atoms in total. The molecule has 15 heteroatoms. The zero-order chi connectivity index (χ0) is 30.7. The molecule has 1 amide bonds. The van der Waals surface area contributed by atoms with Crippen LogP contribution in [0.15, 0.2) is 36.9 Å². The van der Waals surface area contributed by atoms with Crippen LogP contribution in [0.3, 0.4) is 0 Å². The molecule has 224 valence electrons. The van der Waals surface area contributed by atoms with Gasteiger partial charge in [0.1, 0.15) is 29.4 Å². The van der Waals surface area contributed by atoms with Gasteiger partial charge in [0.15, 0.2) is 17.1 Å². The zero-order valence-corrected chi connectivity index (χ0v) is 23.2. The van der Waals surface area contributed by atoms with Gasteiger partial charge in [-0.3, -0.25) is 4.90 Å². The van der Waals surface area contributed by atoms with Crippen molar-refractivity contribution >= 4 is 11.9 Å². The lowest BCUT2D eigenvalue weighted by atomic mass is 9.96. The summed E-state index contributed by atoms with van der Waals surface area (Å²) < 4.78 is 66.8. The number of carbonyl (C=O) groups is 1. The third-order valence-corrected chi connectivity index (χ3v) is 7.43. The van der Waals surface area contributed by atoms with Gasteiger partial charge in [-0.05, 0) is 37.5 Å². The van der Waals surface area contributed by atoms with Gasteiger partial charge in [0.2, 0.25) is 5.88 Å². The van der Waals surface area contributed by atoms with Crippen molar-refractivity contribution < 1.29 is 36.9 Å². The number of aromatic nitrogens is 6. The Morgan fingerprint density at radius 2 is 1.95 bits per heavy atom. The van der Waals surface area contributed by atoms with Crippen LogP contribution >= 0.6 is 0 Å². The maximum absolute atomic E-state index is 15.3. The number of hydrogen-bond donors (Lipinski definition) is 1. The summed E-state index contributed by atoms with van der Waals surface area (Å²) in [7, 11) is 2.79. The molecule has 6 rings (SSSR count). The molecule has 0 radical (unpaired) electrons. The summed E-state index contributed by atoms with van der Waals surface area (Å²) in [5.41, 5.74) is -0.959. The minimum atomic E-state index is -4.69. The number of alkyl halides is 3. The van der Waals surface area contributed by atoms with Crippen LogP contribution in [-0.2, 0) is 30.1 Å². The van der Waals surface area contributed by atoms with Gasteiger partial charge in [0.05, 0.1) is 37.1 Å². The number of ether oxygens (including phenoxy) is 2. The van der Waals surface area contributed by atoms with E-state index in [1.165, 1.54) is 50.6 Å². The Balaban J connectivity index is 1.40. The Kier molecular flexibility index (Phi) is 6.79. The van der Waals surface area contributed by atoms with Crippen LogP contribution in [0.5, 0.6) is 5.88 Å². The highest BCUT2D eigenvalue weighted by atomic mass is 19.4. The van der Waals surface area contributed by atoms with Crippen molar-refractivity contribution in [1.82, 2.24) is 29.5 Å². The van der Waals surface area contributed by atoms with Gasteiger partial charge in [-0.25, -0.2) is 34.1 Å². The largest absolute Gasteiger partial charge is 0.480 e. The Bertz CT molecular complexity index is 1740. The van der Waals surface area contributed by atoms with Crippen LogP contribution < -0.4 is 9.64 Å². The van der Waals surface area contributed by atoms with Crippen molar-refractivity contribution in [2.75, 3.05) is 18.6 Å².